The van der Waals surface area contributed by atoms with Gasteiger partial charge in [0.2, 0.25) is 0 Å². The Hall–Kier alpha value is -3.46. The van der Waals surface area contributed by atoms with E-state index in [1.165, 1.54) is 11.8 Å². The minimum absolute atomic E-state index is 0.0360. The predicted molar refractivity (Wildman–Crippen MR) is 134 cm³/mol. The fourth-order valence-electron chi connectivity index (χ4n) is 4.12. The quantitative estimate of drug-likeness (QED) is 0.450. The first kappa shape index (κ1) is 24.7. The molecule has 9 heteroatoms. The predicted octanol–water partition coefficient (Wildman–Crippen LogP) is 4.26. The molecule has 2 atom stereocenters. The van der Waals surface area contributed by atoms with Gasteiger partial charge in [-0.25, -0.2) is 4.79 Å². The number of fused-ring (bicyclic) bond motifs is 1. The Labute approximate surface area is 209 Å². The lowest BCUT2D eigenvalue weighted by molar-refractivity contribution is -0.140. The van der Waals surface area contributed by atoms with Gasteiger partial charge in [-0.15, -0.1) is 0 Å². The molecule has 3 heterocycles. The molecule has 1 aromatic heterocycles. The van der Waals surface area contributed by atoms with Gasteiger partial charge >= 0.3 is 5.97 Å². The number of hydrogen-bond acceptors (Lipinski definition) is 8. The SMILES string of the molecule is CCOC(=O)C1=C(C)N[C@@H]2S/C(=C\c3ccccn3)C(=O)N2[C@@H]1c1ccc(OC(C)C)c(OC)c1. The summed E-state index contributed by atoms with van der Waals surface area (Å²) >= 11 is 1.39. The molecule has 0 unspecified atom stereocenters. The molecule has 0 radical (unpaired) electrons. The fourth-order valence-corrected chi connectivity index (χ4v) is 5.32. The minimum atomic E-state index is -0.670. The summed E-state index contributed by atoms with van der Waals surface area (Å²) < 4.78 is 16.8. The Morgan fingerprint density at radius 2 is 2.06 bits per heavy atom. The Bertz CT molecular complexity index is 1180. The van der Waals surface area contributed by atoms with E-state index in [9.17, 15) is 9.59 Å². The Morgan fingerprint density at radius 3 is 2.71 bits per heavy atom. The van der Waals surface area contributed by atoms with Crippen LogP contribution in [-0.2, 0) is 14.3 Å². The molecule has 35 heavy (non-hydrogen) atoms. The van der Waals surface area contributed by atoms with Crippen molar-refractivity contribution in [2.24, 2.45) is 0 Å². The van der Waals surface area contributed by atoms with Crippen molar-refractivity contribution in [1.82, 2.24) is 15.2 Å². The highest BCUT2D eigenvalue weighted by Crippen LogP contribution is 2.47. The van der Waals surface area contributed by atoms with Gasteiger partial charge in [0.25, 0.3) is 5.91 Å². The second-order valence-corrected chi connectivity index (χ2v) is 9.45. The summed E-state index contributed by atoms with van der Waals surface area (Å²) in [5.41, 5.74) is 2.07. The summed E-state index contributed by atoms with van der Waals surface area (Å²) in [4.78, 5) is 33.3. The number of allylic oxidation sites excluding steroid dienone is 1. The maximum atomic E-state index is 13.7. The number of benzene rings is 1. The summed E-state index contributed by atoms with van der Waals surface area (Å²) in [6.45, 7) is 7.68. The Balaban J connectivity index is 1.80. The largest absolute Gasteiger partial charge is 0.493 e. The second kappa shape index (κ2) is 10.4. The topological polar surface area (TPSA) is 90.0 Å². The molecule has 2 aliphatic heterocycles. The zero-order valence-electron chi connectivity index (χ0n) is 20.4. The maximum Gasteiger partial charge on any atom is 0.338 e. The third-order valence-electron chi connectivity index (χ3n) is 5.56. The molecule has 184 valence electrons. The van der Waals surface area contributed by atoms with Gasteiger partial charge in [-0.3, -0.25) is 14.7 Å². The monoisotopic (exact) mass is 495 g/mol. The molecule has 0 spiro atoms. The van der Waals surface area contributed by atoms with Crippen molar-refractivity contribution in [2.45, 2.75) is 45.3 Å². The van der Waals surface area contributed by atoms with Crippen molar-refractivity contribution < 1.29 is 23.8 Å². The molecule has 0 aliphatic carbocycles. The summed E-state index contributed by atoms with van der Waals surface area (Å²) in [5.74, 6) is 0.449. The van der Waals surface area contributed by atoms with Crippen LogP contribution in [0.2, 0.25) is 0 Å². The number of rotatable bonds is 7. The number of esters is 1. The lowest BCUT2D eigenvalue weighted by Crippen LogP contribution is -2.50. The van der Waals surface area contributed by atoms with Crippen molar-refractivity contribution in [3.63, 3.8) is 0 Å². The molecule has 4 rings (SSSR count). The Kier molecular flexibility index (Phi) is 7.35. The summed E-state index contributed by atoms with van der Waals surface area (Å²) in [7, 11) is 1.56. The van der Waals surface area contributed by atoms with Crippen LogP contribution < -0.4 is 14.8 Å². The highest BCUT2D eigenvalue weighted by Gasteiger charge is 2.48. The van der Waals surface area contributed by atoms with Crippen LogP contribution in [0, 0.1) is 0 Å². The molecule has 2 aliphatic rings. The zero-order valence-corrected chi connectivity index (χ0v) is 21.2. The normalized spacial score (nSPS) is 20.7. The standard InChI is InChI=1S/C26H29N3O5S/c1-6-33-25(31)22-16(4)28-26-29(24(30)21(35-26)14-18-9-7-8-12-27-18)23(22)17-10-11-19(34-15(2)3)20(13-17)32-5/h7-15,23,26,28H,6H2,1-5H3/b21-14-/t23-,26+/m1/s1. The Morgan fingerprint density at radius 1 is 1.26 bits per heavy atom. The molecule has 1 aromatic carbocycles. The van der Waals surface area contributed by atoms with Crippen molar-refractivity contribution in [3.8, 4) is 11.5 Å². The van der Waals surface area contributed by atoms with Gasteiger partial charge in [0.05, 0.1) is 42.0 Å². The summed E-state index contributed by atoms with van der Waals surface area (Å²) in [6, 6.07) is 10.3. The van der Waals surface area contributed by atoms with Gasteiger partial charge in [-0.05, 0) is 63.6 Å². The van der Waals surface area contributed by atoms with Gasteiger partial charge in [0.1, 0.15) is 0 Å². The average Bonchev–Trinajstić information content (AvgIpc) is 3.13. The van der Waals surface area contributed by atoms with Crippen molar-refractivity contribution in [2.75, 3.05) is 13.7 Å². The van der Waals surface area contributed by atoms with E-state index in [1.807, 2.05) is 57.2 Å². The van der Waals surface area contributed by atoms with E-state index in [0.717, 1.165) is 5.56 Å². The van der Waals surface area contributed by atoms with Crippen molar-refractivity contribution in [3.05, 3.63) is 70.0 Å². The van der Waals surface area contributed by atoms with Crippen LogP contribution in [0.4, 0.5) is 0 Å². The number of nitrogens with zero attached hydrogens (tertiary/aromatic N) is 2. The number of nitrogens with one attached hydrogen (secondary N) is 1. The zero-order chi connectivity index (χ0) is 25.1. The first-order valence-electron chi connectivity index (χ1n) is 11.4. The highest BCUT2D eigenvalue weighted by molar-refractivity contribution is 8.05. The number of carbonyl (C=O) groups is 2. The number of ether oxygens (including phenoxy) is 3. The van der Waals surface area contributed by atoms with Crippen LogP contribution in [0.3, 0.4) is 0 Å². The molecule has 2 aromatic rings. The number of methoxy groups -OCH3 is 1. The lowest BCUT2D eigenvalue weighted by atomic mass is 9.93. The minimum Gasteiger partial charge on any atom is -0.493 e. The van der Waals surface area contributed by atoms with E-state index < -0.39 is 17.5 Å². The van der Waals surface area contributed by atoms with Crippen LogP contribution >= 0.6 is 11.8 Å². The van der Waals surface area contributed by atoms with Gasteiger partial charge in [0.15, 0.2) is 17.0 Å². The lowest BCUT2D eigenvalue weighted by Gasteiger charge is -2.39. The van der Waals surface area contributed by atoms with E-state index in [1.54, 1.807) is 31.2 Å². The third-order valence-corrected chi connectivity index (χ3v) is 6.67. The third kappa shape index (κ3) is 5.00. The van der Waals surface area contributed by atoms with Gasteiger partial charge in [0, 0.05) is 11.9 Å². The molecular weight excluding hydrogens is 466 g/mol. The first-order chi connectivity index (χ1) is 16.8. The second-order valence-electron chi connectivity index (χ2n) is 8.33. The van der Waals surface area contributed by atoms with Gasteiger partial charge in [-0.1, -0.05) is 23.9 Å². The number of carbonyl (C=O) groups excluding carboxylic acids is 2. The van der Waals surface area contributed by atoms with Gasteiger partial charge in [-0.2, -0.15) is 0 Å². The van der Waals surface area contributed by atoms with E-state index >= 15 is 0 Å². The van der Waals surface area contributed by atoms with Crippen molar-refractivity contribution in [1.29, 1.82) is 0 Å². The maximum absolute atomic E-state index is 13.7. The molecule has 8 nitrogen and oxygen atoms in total. The van der Waals surface area contributed by atoms with E-state index in [2.05, 4.69) is 10.3 Å². The van der Waals surface area contributed by atoms with Crippen LogP contribution in [-0.4, -0.2) is 47.1 Å². The molecule has 1 saturated heterocycles. The first-order valence-corrected chi connectivity index (χ1v) is 12.3. The molecule has 0 saturated carbocycles. The number of aromatic nitrogens is 1. The van der Waals surface area contributed by atoms with Crippen LogP contribution in [0.25, 0.3) is 6.08 Å². The molecule has 1 amide bonds. The molecular formula is C26H29N3O5S. The van der Waals surface area contributed by atoms with E-state index in [-0.39, 0.29) is 18.6 Å². The summed E-state index contributed by atoms with van der Waals surface area (Å²) in [5, 5.41) is 3.31. The number of thioether (sulfide) groups is 1. The molecule has 0 bridgehead atoms. The van der Waals surface area contributed by atoms with Crippen LogP contribution in [0.1, 0.15) is 45.0 Å². The van der Waals surface area contributed by atoms with Crippen LogP contribution in [0.5, 0.6) is 11.5 Å². The highest BCUT2D eigenvalue weighted by atomic mass is 32.2. The molecule has 1 N–H and O–H groups in total. The number of hydrogen-bond donors (Lipinski definition) is 1. The number of amides is 1. The molecule has 1 fully saturated rings. The van der Waals surface area contributed by atoms with Crippen LogP contribution in [0.15, 0.2) is 58.8 Å². The summed E-state index contributed by atoms with van der Waals surface area (Å²) in [6.07, 6.45) is 3.41. The van der Waals surface area contributed by atoms with Crippen molar-refractivity contribution >= 4 is 29.7 Å². The van der Waals surface area contributed by atoms with E-state index in [0.29, 0.717) is 33.4 Å². The van der Waals surface area contributed by atoms with E-state index in [4.69, 9.17) is 14.2 Å². The average molecular weight is 496 g/mol. The fraction of sp³-hybridized carbons (Fsp3) is 0.346. The van der Waals surface area contributed by atoms with Gasteiger partial charge < -0.3 is 19.5 Å². The number of pyridine rings is 1. The smallest absolute Gasteiger partial charge is 0.338 e.